The lowest BCUT2D eigenvalue weighted by Crippen LogP contribution is -2.00. The van der Waals surface area contributed by atoms with Crippen molar-refractivity contribution < 1.29 is 0 Å². The van der Waals surface area contributed by atoms with E-state index in [0.29, 0.717) is 17.5 Å². The summed E-state index contributed by atoms with van der Waals surface area (Å²) in [6.45, 7) is 0. The van der Waals surface area contributed by atoms with E-state index in [0.717, 1.165) is 94.8 Å². The minimum absolute atomic E-state index is 0.616. The van der Waals surface area contributed by atoms with E-state index in [1.54, 1.807) is 0 Å². The molecule has 0 spiro atoms. The van der Waals surface area contributed by atoms with Gasteiger partial charge in [-0.05, 0) is 104 Å². The average Bonchev–Trinajstić information content (AvgIpc) is 3.42. The van der Waals surface area contributed by atoms with Gasteiger partial charge in [0.2, 0.25) is 0 Å². The first-order valence-electron chi connectivity index (χ1n) is 22.2. The molecule has 0 N–H and O–H groups in total. The fourth-order valence-corrected chi connectivity index (χ4v) is 8.48. The molecule has 2 heterocycles. The van der Waals surface area contributed by atoms with Crippen molar-refractivity contribution in [2.75, 3.05) is 0 Å². The second-order valence-electron chi connectivity index (χ2n) is 16.3. The van der Waals surface area contributed by atoms with Crippen LogP contribution < -0.4 is 0 Å². The molecular weight excluding hydrogens is 801 g/mol. The Balaban J connectivity index is 1.03. The van der Waals surface area contributed by atoms with Crippen LogP contribution in [-0.4, -0.2) is 19.9 Å². The van der Waals surface area contributed by atoms with E-state index in [4.69, 9.17) is 19.9 Å². The van der Waals surface area contributed by atoms with E-state index in [-0.39, 0.29) is 0 Å². The Morgan fingerprint density at radius 3 is 0.712 bits per heavy atom. The number of benzene rings is 9. The number of hydrogen-bond acceptors (Lipinski definition) is 4. The Morgan fingerprint density at radius 2 is 0.379 bits per heavy atom. The molecule has 0 amide bonds. The third-order valence-electron chi connectivity index (χ3n) is 11.9. The van der Waals surface area contributed by atoms with Crippen molar-refractivity contribution in [3.05, 3.63) is 255 Å². The van der Waals surface area contributed by atoms with Gasteiger partial charge in [-0.25, -0.2) is 19.9 Å². The van der Waals surface area contributed by atoms with Gasteiger partial charge in [-0.1, -0.05) is 206 Å². The first-order valence-corrected chi connectivity index (χ1v) is 22.2. The highest BCUT2D eigenvalue weighted by atomic mass is 15.0. The van der Waals surface area contributed by atoms with Crippen LogP contribution in [0.4, 0.5) is 0 Å². The lowest BCUT2D eigenvalue weighted by Gasteiger charge is -2.15. The zero-order chi connectivity index (χ0) is 44.1. The summed E-state index contributed by atoms with van der Waals surface area (Å²) in [5, 5.41) is 0. The summed E-state index contributed by atoms with van der Waals surface area (Å²) in [4.78, 5) is 20.4. The quantitative estimate of drug-likeness (QED) is 0.138. The third-order valence-corrected chi connectivity index (χ3v) is 11.9. The number of rotatable bonds is 10. The molecule has 0 aliphatic carbocycles. The summed E-state index contributed by atoms with van der Waals surface area (Å²) >= 11 is 0. The lowest BCUT2D eigenvalue weighted by molar-refractivity contribution is 1.07. The molecule has 0 bridgehead atoms. The van der Waals surface area contributed by atoms with E-state index >= 15 is 0 Å². The Bertz CT molecular complexity index is 3070. The Hall–Kier alpha value is -8.86. The topological polar surface area (TPSA) is 51.6 Å². The van der Waals surface area contributed by atoms with Crippen LogP contribution >= 0.6 is 0 Å². The molecule has 0 aliphatic heterocycles. The molecule has 4 heteroatoms. The molecule has 0 fully saturated rings. The highest BCUT2D eigenvalue weighted by molar-refractivity contribution is 5.86. The Kier molecular flexibility index (Phi) is 10.9. The first-order chi connectivity index (χ1) is 32.7. The largest absolute Gasteiger partial charge is 0.248 e. The molecule has 0 unspecified atom stereocenters. The summed E-state index contributed by atoms with van der Waals surface area (Å²) in [5.41, 5.74) is 17.9. The maximum atomic E-state index is 5.18. The smallest absolute Gasteiger partial charge is 0.164 e. The highest BCUT2D eigenvalue weighted by Gasteiger charge is 2.16. The maximum absolute atomic E-state index is 5.18. The number of nitrogens with zero attached hydrogens (tertiary/aromatic N) is 4. The summed E-state index contributed by atoms with van der Waals surface area (Å²) < 4.78 is 0. The van der Waals surface area contributed by atoms with Gasteiger partial charge in [-0.3, -0.25) is 0 Å². The summed E-state index contributed by atoms with van der Waals surface area (Å²) in [6.07, 6.45) is 0. The van der Waals surface area contributed by atoms with Crippen LogP contribution in [0.2, 0.25) is 0 Å². The fourth-order valence-electron chi connectivity index (χ4n) is 8.48. The van der Waals surface area contributed by atoms with Gasteiger partial charge in [0.15, 0.2) is 17.5 Å². The van der Waals surface area contributed by atoms with Crippen molar-refractivity contribution in [1.82, 2.24) is 19.9 Å². The lowest BCUT2D eigenvalue weighted by atomic mass is 9.91. The van der Waals surface area contributed by atoms with Gasteiger partial charge in [0.05, 0.1) is 11.4 Å². The van der Waals surface area contributed by atoms with Gasteiger partial charge < -0.3 is 0 Å². The SMILES string of the molecule is c1ccc(-c2cc(-c3ccc(-c4cc(-c5ccccc5)cc(-c5nc(-c6ccccc6)nc(-c6ccccc6)n5)c4)cc3)cc(-c3cc(-c4ccccc4)nc(-c4ccccc4)c3)c2)cc1. The molecule has 0 saturated carbocycles. The van der Waals surface area contributed by atoms with Crippen molar-refractivity contribution in [2.24, 2.45) is 0 Å². The van der Waals surface area contributed by atoms with Crippen LogP contribution in [0, 0.1) is 0 Å². The van der Waals surface area contributed by atoms with Crippen molar-refractivity contribution in [3.8, 4) is 112 Å². The maximum Gasteiger partial charge on any atom is 0.164 e. The minimum Gasteiger partial charge on any atom is -0.248 e. The third kappa shape index (κ3) is 8.59. The van der Waals surface area contributed by atoms with Crippen LogP contribution in [0.15, 0.2) is 255 Å². The molecule has 0 atom stereocenters. The van der Waals surface area contributed by atoms with Gasteiger partial charge in [0.25, 0.3) is 0 Å². The van der Waals surface area contributed by atoms with Gasteiger partial charge in [-0.2, -0.15) is 0 Å². The number of pyridine rings is 1. The normalized spacial score (nSPS) is 11.0. The second-order valence-corrected chi connectivity index (χ2v) is 16.3. The average molecular weight is 843 g/mol. The number of hydrogen-bond donors (Lipinski definition) is 0. The fraction of sp³-hybridized carbons (Fsp3) is 0. The summed E-state index contributed by atoms with van der Waals surface area (Å²) in [6, 6.07) is 89.2. The molecule has 310 valence electrons. The van der Waals surface area contributed by atoms with Crippen LogP contribution in [0.1, 0.15) is 0 Å². The van der Waals surface area contributed by atoms with Crippen LogP contribution in [0.5, 0.6) is 0 Å². The van der Waals surface area contributed by atoms with Crippen molar-refractivity contribution >= 4 is 0 Å². The molecule has 0 saturated heterocycles. The van der Waals surface area contributed by atoms with Crippen molar-refractivity contribution in [1.29, 1.82) is 0 Å². The first kappa shape index (κ1) is 40.0. The molecule has 11 rings (SSSR count). The standard InChI is InChI=1S/C62H42N4/c1-7-19-43(20-8-1)51-35-52(38-55(37-51)56-41-58(47-23-11-3-12-24-47)63-59(42-56)48-25-13-4-14-26-48)45-31-33-46(34-32-45)54-36-53(44-21-9-2-10-22-44)39-57(40-54)62-65-60(49-27-15-5-16-28-49)64-61(66-62)50-29-17-6-18-30-50/h1-42H. The molecule has 2 aromatic heterocycles. The zero-order valence-corrected chi connectivity index (χ0v) is 36.0. The molecule has 66 heavy (non-hydrogen) atoms. The molecule has 0 radical (unpaired) electrons. The zero-order valence-electron chi connectivity index (χ0n) is 36.0. The van der Waals surface area contributed by atoms with Crippen molar-refractivity contribution in [3.63, 3.8) is 0 Å². The van der Waals surface area contributed by atoms with Gasteiger partial charge in [0.1, 0.15) is 0 Å². The minimum atomic E-state index is 0.616. The molecule has 0 aliphatic rings. The summed E-state index contributed by atoms with van der Waals surface area (Å²) in [5.74, 6) is 1.88. The monoisotopic (exact) mass is 842 g/mol. The number of aromatic nitrogens is 4. The van der Waals surface area contributed by atoms with Crippen molar-refractivity contribution in [2.45, 2.75) is 0 Å². The molecular formula is C62H42N4. The van der Waals surface area contributed by atoms with E-state index in [2.05, 4.69) is 182 Å². The Morgan fingerprint density at radius 1 is 0.152 bits per heavy atom. The molecule has 11 aromatic rings. The van der Waals surface area contributed by atoms with E-state index < -0.39 is 0 Å². The van der Waals surface area contributed by atoms with Crippen LogP contribution in [0.25, 0.3) is 112 Å². The van der Waals surface area contributed by atoms with E-state index in [1.807, 2.05) is 72.8 Å². The molecule has 9 aromatic carbocycles. The van der Waals surface area contributed by atoms with E-state index in [1.165, 1.54) is 0 Å². The van der Waals surface area contributed by atoms with E-state index in [9.17, 15) is 0 Å². The summed E-state index contributed by atoms with van der Waals surface area (Å²) in [7, 11) is 0. The highest BCUT2D eigenvalue weighted by Crippen LogP contribution is 2.38. The van der Waals surface area contributed by atoms with Crippen LogP contribution in [0.3, 0.4) is 0 Å². The Labute approximate surface area is 385 Å². The van der Waals surface area contributed by atoms with Gasteiger partial charge >= 0.3 is 0 Å². The van der Waals surface area contributed by atoms with Gasteiger partial charge in [0, 0.05) is 27.8 Å². The second kappa shape index (κ2) is 18.1. The predicted molar refractivity (Wildman–Crippen MR) is 272 cm³/mol. The molecule has 4 nitrogen and oxygen atoms in total. The van der Waals surface area contributed by atoms with Gasteiger partial charge in [-0.15, -0.1) is 0 Å². The predicted octanol–water partition coefficient (Wildman–Crippen LogP) is 15.9. The van der Waals surface area contributed by atoms with Crippen LogP contribution in [-0.2, 0) is 0 Å².